The maximum Gasteiger partial charge on any atom is -1.00 e. The van der Waals surface area contributed by atoms with E-state index in [0.29, 0.717) is 7.25 Å². The first-order chi connectivity index (χ1) is 18.2. The minimum atomic E-state index is -1.92. The van der Waals surface area contributed by atoms with Crippen molar-refractivity contribution in [2.45, 2.75) is 162 Å². The molecule has 0 heterocycles. The monoisotopic (exact) mass is 714 g/mol. The summed E-state index contributed by atoms with van der Waals surface area (Å²) in [5.41, 5.74) is 6.88. The standard InChI is InChI=1S/2C17H29OSi.2ClH.Zr/c2*1-6-11-17(2,3)19(4,5)18-16-12-14-9-7-8-10-15(14)13-16;;;/h2*12-13H,6-11H2,1-5H3;2*1H;/q;;;;+2/p-2. The van der Waals surface area contributed by atoms with E-state index in [4.69, 9.17) is 8.85 Å². The quantitative estimate of drug-likeness (QED) is 0.238. The van der Waals surface area contributed by atoms with Gasteiger partial charge in [0.2, 0.25) is 0 Å². The summed E-state index contributed by atoms with van der Waals surface area (Å²) in [6.07, 6.45) is 20.6. The molecule has 0 aliphatic heterocycles. The van der Waals surface area contributed by atoms with Crippen LogP contribution in [0.5, 0.6) is 0 Å². The first kappa shape index (κ1) is 37.6. The molecule has 2 atom stereocenters. The Kier molecular flexibility index (Phi) is 13.5. The van der Waals surface area contributed by atoms with Crippen molar-refractivity contribution in [3.05, 3.63) is 46.0 Å². The molecule has 4 aliphatic rings. The van der Waals surface area contributed by atoms with Gasteiger partial charge in [0.05, 0.1) is 0 Å². The first-order valence-corrected chi connectivity index (χ1v) is 24.9. The fourth-order valence-electron chi connectivity index (χ4n) is 7.17. The molecule has 0 spiro atoms. The van der Waals surface area contributed by atoms with E-state index in [1.54, 1.807) is 22.3 Å². The average molecular weight is 717 g/mol. The third kappa shape index (κ3) is 8.00. The van der Waals surface area contributed by atoms with Gasteiger partial charge in [0.1, 0.15) is 0 Å². The second kappa shape index (κ2) is 14.7. The van der Waals surface area contributed by atoms with Crippen molar-refractivity contribution in [1.82, 2.24) is 0 Å². The van der Waals surface area contributed by atoms with Crippen molar-refractivity contribution in [1.29, 1.82) is 0 Å². The summed E-state index contributed by atoms with van der Waals surface area (Å²) in [6.45, 7) is 24.5. The molecule has 7 heteroatoms. The topological polar surface area (TPSA) is 18.5 Å². The molecule has 4 rings (SSSR count). The molecule has 0 aromatic heterocycles. The van der Waals surface area contributed by atoms with Crippen LogP contribution in [-0.4, -0.2) is 16.6 Å². The Morgan fingerprint density at radius 1 is 0.659 bits per heavy atom. The Morgan fingerprint density at radius 3 is 1.34 bits per heavy atom. The van der Waals surface area contributed by atoms with Gasteiger partial charge in [-0.25, -0.2) is 0 Å². The van der Waals surface area contributed by atoms with E-state index in [9.17, 15) is 0 Å². The number of rotatable bonds is 12. The molecular formula is C34H58Cl2O2Si2Zr. The van der Waals surface area contributed by atoms with Crippen LogP contribution in [0.2, 0.25) is 43.5 Å². The van der Waals surface area contributed by atoms with E-state index in [-0.39, 0.29) is 34.9 Å². The third-order valence-electron chi connectivity index (χ3n) is 11.1. The minimum absolute atomic E-state index is 0. The van der Waals surface area contributed by atoms with Crippen LogP contribution >= 0.6 is 0 Å². The van der Waals surface area contributed by atoms with E-state index in [1.807, 2.05) is 0 Å². The predicted octanol–water partition coefficient (Wildman–Crippen LogP) is 5.79. The molecule has 0 aromatic rings. The average Bonchev–Trinajstić information content (AvgIpc) is 3.36. The molecule has 0 bridgehead atoms. The Bertz CT molecular complexity index is 973. The summed E-state index contributed by atoms with van der Waals surface area (Å²) in [6, 6.07) is 0. The van der Waals surface area contributed by atoms with Crippen LogP contribution in [0.4, 0.5) is 0 Å². The first-order valence-electron chi connectivity index (χ1n) is 16.2. The summed E-state index contributed by atoms with van der Waals surface area (Å²) in [5.74, 6) is 2.78. The number of hydrogen-bond donors (Lipinski definition) is 0. The van der Waals surface area contributed by atoms with E-state index in [2.05, 4.69) is 79.9 Å². The van der Waals surface area contributed by atoms with Gasteiger partial charge in [-0.1, -0.05) is 0 Å². The van der Waals surface area contributed by atoms with Crippen molar-refractivity contribution >= 4 is 16.6 Å². The van der Waals surface area contributed by atoms with E-state index in [1.165, 1.54) is 88.6 Å². The van der Waals surface area contributed by atoms with Crippen molar-refractivity contribution in [2.75, 3.05) is 0 Å². The minimum Gasteiger partial charge on any atom is -1.00 e. The number of halogens is 2. The van der Waals surface area contributed by atoms with Crippen LogP contribution in [0, 0.1) is 0 Å². The molecule has 232 valence electrons. The van der Waals surface area contributed by atoms with Gasteiger partial charge in [-0.05, 0) is 0 Å². The fraction of sp³-hybridized carbons (Fsp3) is 0.765. The molecule has 4 aliphatic carbocycles. The Morgan fingerprint density at radius 2 is 1.00 bits per heavy atom. The maximum atomic E-state index is 7.32. The van der Waals surface area contributed by atoms with Gasteiger partial charge in [-0.2, -0.15) is 0 Å². The molecule has 0 amide bonds. The van der Waals surface area contributed by atoms with Gasteiger partial charge in [0.25, 0.3) is 0 Å². The van der Waals surface area contributed by atoms with E-state index >= 15 is 0 Å². The normalized spacial score (nSPS) is 23.1. The van der Waals surface area contributed by atoms with Crippen LogP contribution < -0.4 is 24.8 Å². The Balaban J connectivity index is 0.00000294. The summed E-state index contributed by atoms with van der Waals surface area (Å²) in [5, 5.41) is 0.560. The molecule has 41 heavy (non-hydrogen) atoms. The Labute approximate surface area is 279 Å². The van der Waals surface area contributed by atoms with E-state index < -0.39 is 39.9 Å². The van der Waals surface area contributed by atoms with E-state index in [0.717, 1.165) is 0 Å². The van der Waals surface area contributed by atoms with Gasteiger partial charge in [0.15, 0.2) is 0 Å². The van der Waals surface area contributed by atoms with Crippen LogP contribution in [0.1, 0.15) is 119 Å². The van der Waals surface area contributed by atoms with Gasteiger partial charge >= 0.3 is 257 Å². The zero-order valence-corrected chi connectivity index (χ0v) is 33.8. The fourth-order valence-corrected chi connectivity index (χ4v) is 16.5. The summed E-state index contributed by atoms with van der Waals surface area (Å²) in [4.78, 5) is 0. The zero-order valence-electron chi connectivity index (χ0n) is 27.9. The molecule has 0 N–H and O–H groups in total. The number of allylic oxidation sites excluding steroid dienone is 6. The molecule has 0 unspecified atom stereocenters. The molecule has 0 saturated carbocycles. The van der Waals surface area contributed by atoms with Crippen LogP contribution in [-0.2, 0) is 32.1 Å². The Hall–Kier alpha value is 0.457. The van der Waals surface area contributed by atoms with Crippen LogP contribution in [0.25, 0.3) is 0 Å². The smallest absolute Gasteiger partial charge is 1.00 e. The van der Waals surface area contributed by atoms with Crippen LogP contribution in [0.3, 0.4) is 0 Å². The summed E-state index contributed by atoms with van der Waals surface area (Å²) >= 11 is -0.952. The van der Waals surface area contributed by atoms with Crippen molar-refractivity contribution in [2.24, 2.45) is 0 Å². The zero-order chi connectivity index (χ0) is 28.6. The second-order valence-electron chi connectivity index (χ2n) is 15.1. The van der Waals surface area contributed by atoms with Crippen molar-refractivity contribution in [3.8, 4) is 0 Å². The van der Waals surface area contributed by atoms with Crippen molar-refractivity contribution < 1.29 is 56.9 Å². The van der Waals surface area contributed by atoms with Gasteiger partial charge in [-0.3, -0.25) is 0 Å². The van der Waals surface area contributed by atoms with Gasteiger partial charge in [0, 0.05) is 0 Å². The molecule has 0 radical (unpaired) electrons. The molecular weight excluding hydrogens is 659 g/mol. The number of hydrogen-bond acceptors (Lipinski definition) is 2. The van der Waals surface area contributed by atoms with Crippen LogP contribution in [0.15, 0.2) is 46.0 Å². The largest absolute Gasteiger partial charge is 1.00 e. The predicted molar refractivity (Wildman–Crippen MR) is 170 cm³/mol. The maximum absolute atomic E-state index is 7.32. The summed E-state index contributed by atoms with van der Waals surface area (Å²) < 4.78 is 15.9. The molecule has 0 fully saturated rings. The second-order valence-corrected chi connectivity index (χ2v) is 27.9. The van der Waals surface area contributed by atoms with Gasteiger partial charge in [-0.15, -0.1) is 0 Å². The molecule has 2 nitrogen and oxygen atoms in total. The molecule has 0 saturated heterocycles. The van der Waals surface area contributed by atoms with Crippen molar-refractivity contribution in [3.63, 3.8) is 0 Å². The third-order valence-corrected chi connectivity index (χ3v) is 24.4. The van der Waals surface area contributed by atoms with Gasteiger partial charge < -0.3 is 24.8 Å². The SMILES string of the molecule is CCCC(C)(C)[Si](C)(C)OC1=CC2=C(CCCC2)[C@@H]1[Zr+2][C@H]1C(O[Si](C)(C)C(C)(C)CCC)=CC2=C1CCCC2.[Cl-].[Cl-]. The molecule has 0 aromatic carbocycles. The summed E-state index contributed by atoms with van der Waals surface area (Å²) in [7, 11) is -3.84.